The van der Waals surface area contributed by atoms with E-state index in [-0.39, 0.29) is 0 Å². The quantitative estimate of drug-likeness (QED) is 0.610. The molecule has 0 unspecified atom stereocenters. The van der Waals surface area contributed by atoms with Crippen LogP contribution in [0.2, 0.25) is 0 Å². The van der Waals surface area contributed by atoms with Gasteiger partial charge >= 0.3 is 0 Å². The van der Waals surface area contributed by atoms with Crippen LogP contribution in [0, 0.1) is 10.1 Å². The van der Waals surface area contributed by atoms with Crippen LogP contribution >= 0.6 is 0 Å². The molecule has 2 rings (SSSR count). The van der Waals surface area contributed by atoms with Crippen LogP contribution in [0.1, 0.15) is 5.56 Å². The lowest BCUT2D eigenvalue weighted by molar-refractivity contribution is -0.400. The largest absolute Gasteiger partial charge is 0.439 e. The molecule has 0 spiro atoms. The minimum atomic E-state index is -0.508. The summed E-state index contributed by atoms with van der Waals surface area (Å²) in [4.78, 5) is 13.7. The van der Waals surface area contributed by atoms with Gasteiger partial charge in [-0.1, -0.05) is 18.2 Å². The molecule has 0 atom stereocenters. The summed E-state index contributed by atoms with van der Waals surface area (Å²) in [5, 5.41) is 10.2. The number of nitro groups is 1. The highest BCUT2D eigenvalue weighted by molar-refractivity contribution is 5.51. The van der Waals surface area contributed by atoms with Gasteiger partial charge < -0.3 is 4.74 Å². The Kier molecular flexibility index (Phi) is 3.66. The fourth-order valence-electron chi connectivity index (χ4n) is 1.36. The lowest BCUT2D eigenvalue weighted by Crippen LogP contribution is -1.87. The number of aromatic nitrogens is 1. The zero-order chi connectivity index (χ0) is 12.8. The van der Waals surface area contributed by atoms with Crippen molar-refractivity contribution in [2.75, 3.05) is 0 Å². The molecule has 2 aromatic rings. The Balaban J connectivity index is 2.15. The first-order chi connectivity index (χ1) is 8.74. The Labute approximate surface area is 104 Å². The number of ether oxygens (including phenoxy) is 1. The van der Waals surface area contributed by atoms with E-state index in [9.17, 15) is 10.1 Å². The van der Waals surface area contributed by atoms with Gasteiger partial charge in [0.15, 0.2) is 0 Å². The second-order valence-electron chi connectivity index (χ2n) is 3.44. The molecule has 90 valence electrons. The summed E-state index contributed by atoms with van der Waals surface area (Å²) in [6.07, 6.45) is 3.93. The van der Waals surface area contributed by atoms with Gasteiger partial charge in [0, 0.05) is 18.3 Å². The highest BCUT2D eigenvalue weighted by Crippen LogP contribution is 2.20. The van der Waals surface area contributed by atoms with Crippen LogP contribution in [-0.2, 0) is 0 Å². The Hall–Kier alpha value is -2.69. The minimum absolute atomic E-state index is 0.480. The van der Waals surface area contributed by atoms with Crippen LogP contribution in [-0.4, -0.2) is 9.91 Å². The summed E-state index contributed by atoms with van der Waals surface area (Å²) in [6, 6.07) is 12.3. The van der Waals surface area contributed by atoms with Crippen molar-refractivity contribution in [3.8, 4) is 11.6 Å². The Morgan fingerprint density at radius 2 is 2.11 bits per heavy atom. The molecule has 0 amide bonds. The maximum Gasteiger partial charge on any atom is 0.235 e. The standard InChI is InChI=1S/C13H10N2O3/c16-15(17)9-7-11-4-3-5-12(10-11)18-13-6-1-2-8-14-13/h1-10H/b9-7+. The van der Waals surface area contributed by atoms with Gasteiger partial charge in [0.1, 0.15) is 5.75 Å². The van der Waals surface area contributed by atoms with E-state index in [4.69, 9.17) is 4.74 Å². The monoisotopic (exact) mass is 242 g/mol. The normalized spacial score (nSPS) is 10.4. The number of hydrogen-bond acceptors (Lipinski definition) is 4. The smallest absolute Gasteiger partial charge is 0.235 e. The highest BCUT2D eigenvalue weighted by Gasteiger charge is 1.98. The van der Waals surface area contributed by atoms with Crippen LogP contribution in [0.5, 0.6) is 11.6 Å². The van der Waals surface area contributed by atoms with Crippen molar-refractivity contribution in [2.45, 2.75) is 0 Å². The Morgan fingerprint density at radius 1 is 1.22 bits per heavy atom. The average molecular weight is 242 g/mol. The molecule has 1 aromatic heterocycles. The molecule has 5 heteroatoms. The first kappa shape index (κ1) is 11.8. The molecule has 0 saturated heterocycles. The van der Waals surface area contributed by atoms with Gasteiger partial charge in [-0.25, -0.2) is 4.98 Å². The number of rotatable bonds is 4. The van der Waals surface area contributed by atoms with Crippen molar-refractivity contribution in [1.29, 1.82) is 0 Å². The summed E-state index contributed by atoms with van der Waals surface area (Å²) in [5.74, 6) is 1.06. The van der Waals surface area contributed by atoms with E-state index >= 15 is 0 Å². The van der Waals surface area contributed by atoms with E-state index in [1.54, 1.807) is 42.6 Å². The van der Waals surface area contributed by atoms with E-state index in [0.29, 0.717) is 17.2 Å². The van der Waals surface area contributed by atoms with Crippen molar-refractivity contribution in [1.82, 2.24) is 4.98 Å². The Bertz CT molecular complexity index is 567. The molecule has 0 fully saturated rings. The van der Waals surface area contributed by atoms with E-state index in [2.05, 4.69) is 4.98 Å². The lowest BCUT2D eigenvalue weighted by Gasteiger charge is -2.04. The maximum atomic E-state index is 10.2. The van der Waals surface area contributed by atoms with Gasteiger partial charge in [-0.2, -0.15) is 0 Å². The van der Waals surface area contributed by atoms with Crippen LogP contribution < -0.4 is 4.74 Å². The van der Waals surface area contributed by atoms with Crippen LogP contribution in [0.4, 0.5) is 0 Å². The van der Waals surface area contributed by atoms with E-state index in [0.717, 1.165) is 6.20 Å². The van der Waals surface area contributed by atoms with E-state index in [1.165, 1.54) is 6.08 Å². The van der Waals surface area contributed by atoms with Crippen molar-refractivity contribution < 1.29 is 9.66 Å². The van der Waals surface area contributed by atoms with Crippen LogP contribution in [0.3, 0.4) is 0 Å². The SMILES string of the molecule is O=[N+]([O-])/C=C/c1cccc(Oc2ccccn2)c1. The van der Waals surface area contributed by atoms with Crippen molar-refractivity contribution in [3.05, 3.63) is 70.5 Å². The zero-order valence-corrected chi connectivity index (χ0v) is 9.39. The number of nitrogens with zero attached hydrogens (tertiary/aromatic N) is 2. The van der Waals surface area contributed by atoms with Crippen molar-refractivity contribution in [2.24, 2.45) is 0 Å². The van der Waals surface area contributed by atoms with E-state index in [1.807, 2.05) is 6.07 Å². The molecule has 0 saturated carbocycles. The topological polar surface area (TPSA) is 65.3 Å². The van der Waals surface area contributed by atoms with Gasteiger partial charge in [-0.3, -0.25) is 10.1 Å². The molecule has 18 heavy (non-hydrogen) atoms. The molecule has 0 aliphatic rings. The van der Waals surface area contributed by atoms with Gasteiger partial charge in [-0.05, 0) is 23.8 Å². The molecule has 5 nitrogen and oxygen atoms in total. The van der Waals surface area contributed by atoms with Gasteiger partial charge in [0.05, 0.1) is 4.92 Å². The van der Waals surface area contributed by atoms with Gasteiger partial charge in [0.25, 0.3) is 0 Å². The molecule has 0 aliphatic carbocycles. The minimum Gasteiger partial charge on any atom is -0.439 e. The predicted molar refractivity (Wildman–Crippen MR) is 66.8 cm³/mol. The zero-order valence-electron chi connectivity index (χ0n) is 9.39. The molecule has 0 aliphatic heterocycles. The summed E-state index contributed by atoms with van der Waals surface area (Å²) >= 11 is 0. The molecule has 0 bridgehead atoms. The molecule has 0 N–H and O–H groups in total. The summed E-state index contributed by atoms with van der Waals surface area (Å²) in [5.41, 5.74) is 0.695. The molecule has 0 radical (unpaired) electrons. The third kappa shape index (κ3) is 3.41. The van der Waals surface area contributed by atoms with Crippen LogP contribution in [0.15, 0.2) is 54.9 Å². The Morgan fingerprint density at radius 3 is 2.83 bits per heavy atom. The highest BCUT2D eigenvalue weighted by atomic mass is 16.6. The van der Waals surface area contributed by atoms with Gasteiger partial charge in [0.2, 0.25) is 12.1 Å². The molecule has 1 heterocycles. The van der Waals surface area contributed by atoms with Crippen molar-refractivity contribution >= 4 is 6.08 Å². The molecular weight excluding hydrogens is 232 g/mol. The van der Waals surface area contributed by atoms with Crippen LogP contribution in [0.25, 0.3) is 6.08 Å². The fourth-order valence-corrected chi connectivity index (χ4v) is 1.36. The summed E-state index contributed by atoms with van der Waals surface area (Å²) < 4.78 is 5.51. The molecular formula is C13H10N2O3. The summed E-state index contributed by atoms with van der Waals surface area (Å²) in [7, 11) is 0. The maximum absolute atomic E-state index is 10.2. The molecule has 1 aromatic carbocycles. The third-order valence-electron chi connectivity index (χ3n) is 2.11. The first-order valence-electron chi connectivity index (χ1n) is 5.25. The van der Waals surface area contributed by atoms with Gasteiger partial charge in [-0.15, -0.1) is 0 Å². The average Bonchev–Trinajstić information content (AvgIpc) is 2.38. The third-order valence-corrected chi connectivity index (χ3v) is 2.11. The fraction of sp³-hybridized carbons (Fsp3) is 0. The van der Waals surface area contributed by atoms with E-state index < -0.39 is 4.92 Å². The number of benzene rings is 1. The second kappa shape index (κ2) is 5.58. The number of pyridine rings is 1. The summed E-state index contributed by atoms with van der Waals surface area (Å²) in [6.45, 7) is 0. The number of hydrogen-bond donors (Lipinski definition) is 0. The first-order valence-corrected chi connectivity index (χ1v) is 5.25. The lowest BCUT2D eigenvalue weighted by atomic mass is 10.2. The van der Waals surface area contributed by atoms with Crippen molar-refractivity contribution in [3.63, 3.8) is 0 Å². The predicted octanol–water partition coefficient (Wildman–Crippen LogP) is 3.12. The second-order valence-corrected chi connectivity index (χ2v) is 3.44.